The van der Waals surface area contributed by atoms with E-state index in [4.69, 9.17) is 9.63 Å². The molecule has 1 atom stereocenters. The van der Waals surface area contributed by atoms with Crippen molar-refractivity contribution in [3.63, 3.8) is 0 Å². The summed E-state index contributed by atoms with van der Waals surface area (Å²) in [4.78, 5) is 25.8. The molecule has 100 valence electrons. The normalized spacial score (nSPS) is 12.1. The first kappa shape index (κ1) is 14.5. The number of aliphatic carboxylic acids is 1. The van der Waals surface area contributed by atoms with Crippen molar-refractivity contribution >= 4 is 23.6 Å². The molecule has 0 aromatic carbocycles. The van der Waals surface area contributed by atoms with Crippen LogP contribution in [-0.2, 0) is 21.8 Å². The average Bonchev–Trinajstić information content (AvgIpc) is 2.75. The highest BCUT2D eigenvalue weighted by Crippen LogP contribution is 2.11. The molecule has 0 fully saturated rings. The molecule has 1 rings (SSSR count). The van der Waals surface area contributed by atoms with Gasteiger partial charge in [-0.15, -0.1) is 0 Å². The molecule has 18 heavy (non-hydrogen) atoms. The van der Waals surface area contributed by atoms with E-state index in [0.29, 0.717) is 23.9 Å². The first-order valence-corrected chi connectivity index (χ1v) is 6.57. The maximum absolute atomic E-state index is 10.8. The van der Waals surface area contributed by atoms with Crippen LogP contribution in [0.15, 0.2) is 4.52 Å². The molecule has 0 aliphatic heterocycles. The Labute approximate surface area is 108 Å². The summed E-state index contributed by atoms with van der Waals surface area (Å²) < 4.78 is 4.92. The van der Waals surface area contributed by atoms with Gasteiger partial charge in [-0.05, 0) is 0 Å². The fraction of sp³-hybridized carbons (Fsp3) is 0.600. The van der Waals surface area contributed by atoms with Gasteiger partial charge in [0.05, 0.1) is 5.75 Å². The third-order valence-electron chi connectivity index (χ3n) is 2.00. The number of thioether (sulfide) groups is 1. The summed E-state index contributed by atoms with van der Waals surface area (Å²) in [5.41, 5.74) is 0. The minimum absolute atomic E-state index is 0.255. The van der Waals surface area contributed by atoms with E-state index in [1.807, 2.05) is 6.92 Å². The summed E-state index contributed by atoms with van der Waals surface area (Å²) >= 11 is 1.33. The Balaban J connectivity index is 2.38. The Kier molecular flexibility index (Phi) is 5.63. The van der Waals surface area contributed by atoms with Crippen molar-refractivity contribution in [2.45, 2.75) is 32.1 Å². The van der Waals surface area contributed by atoms with E-state index >= 15 is 0 Å². The van der Waals surface area contributed by atoms with E-state index in [0.717, 1.165) is 0 Å². The largest absolute Gasteiger partial charge is 0.480 e. The summed E-state index contributed by atoms with van der Waals surface area (Å²) in [5, 5.41) is 15.0. The SMILES string of the molecule is CCc1nc(CSCC(NC(C)=O)C(=O)O)no1. The number of hydrogen-bond donors (Lipinski definition) is 2. The maximum Gasteiger partial charge on any atom is 0.327 e. The van der Waals surface area contributed by atoms with Crippen LogP contribution in [0.1, 0.15) is 25.6 Å². The number of hydrogen-bond acceptors (Lipinski definition) is 6. The quantitative estimate of drug-likeness (QED) is 0.743. The fourth-order valence-electron chi connectivity index (χ4n) is 1.18. The summed E-state index contributed by atoms with van der Waals surface area (Å²) in [6.45, 7) is 3.19. The Morgan fingerprint density at radius 1 is 1.56 bits per heavy atom. The molecule has 0 spiro atoms. The van der Waals surface area contributed by atoms with E-state index < -0.39 is 12.0 Å². The number of carboxylic acid groups (broad SMARTS) is 1. The number of carboxylic acids is 1. The lowest BCUT2D eigenvalue weighted by molar-refractivity contribution is -0.140. The zero-order valence-corrected chi connectivity index (χ0v) is 11.0. The molecule has 0 radical (unpaired) electrons. The smallest absolute Gasteiger partial charge is 0.327 e. The molecular formula is C10H15N3O4S. The van der Waals surface area contributed by atoms with Crippen molar-refractivity contribution in [1.82, 2.24) is 15.5 Å². The zero-order chi connectivity index (χ0) is 13.5. The number of aromatic nitrogens is 2. The second-order valence-electron chi connectivity index (χ2n) is 3.56. The predicted octanol–water partition coefficient (Wildman–Crippen LogP) is 0.454. The molecular weight excluding hydrogens is 258 g/mol. The van der Waals surface area contributed by atoms with Gasteiger partial charge < -0.3 is 14.9 Å². The molecule has 8 heteroatoms. The van der Waals surface area contributed by atoms with Gasteiger partial charge in [-0.25, -0.2) is 4.79 Å². The van der Waals surface area contributed by atoms with E-state index in [2.05, 4.69) is 15.5 Å². The van der Waals surface area contributed by atoms with E-state index in [9.17, 15) is 9.59 Å². The maximum atomic E-state index is 10.8. The number of rotatable bonds is 7. The number of carbonyl (C=O) groups excluding carboxylic acids is 1. The minimum atomic E-state index is -1.06. The lowest BCUT2D eigenvalue weighted by Crippen LogP contribution is -2.41. The van der Waals surface area contributed by atoms with Crippen LogP contribution in [0.2, 0.25) is 0 Å². The van der Waals surface area contributed by atoms with Crippen molar-refractivity contribution in [2.24, 2.45) is 0 Å². The predicted molar refractivity (Wildman–Crippen MR) is 65.1 cm³/mol. The molecule has 1 aromatic rings. The van der Waals surface area contributed by atoms with Crippen LogP contribution in [0.5, 0.6) is 0 Å². The topological polar surface area (TPSA) is 105 Å². The Bertz CT molecular complexity index is 421. The van der Waals surface area contributed by atoms with E-state index in [-0.39, 0.29) is 11.7 Å². The molecule has 0 saturated carbocycles. The Morgan fingerprint density at radius 2 is 2.28 bits per heavy atom. The van der Waals surface area contributed by atoms with Crippen LogP contribution in [0.4, 0.5) is 0 Å². The molecule has 1 unspecified atom stereocenters. The van der Waals surface area contributed by atoms with Crippen LogP contribution >= 0.6 is 11.8 Å². The molecule has 0 aliphatic carbocycles. The summed E-state index contributed by atoms with van der Waals surface area (Å²) in [6.07, 6.45) is 0.668. The van der Waals surface area contributed by atoms with E-state index in [1.165, 1.54) is 18.7 Å². The lowest BCUT2D eigenvalue weighted by atomic mass is 10.3. The van der Waals surface area contributed by atoms with Gasteiger partial charge in [0.15, 0.2) is 5.82 Å². The van der Waals surface area contributed by atoms with Crippen molar-refractivity contribution in [2.75, 3.05) is 5.75 Å². The number of nitrogens with one attached hydrogen (secondary N) is 1. The van der Waals surface area contributed by atoms with Crippen LogP contribution in [0.25, 0.3) is 0 Å². The van der Waals surface area contributed by atoms with Crippen molar-refractivity contribution < 1.29 is 19.2 Å². The van der Waals surface area contributed by atoms with Gasteiger partial charge >= 0.3 is 5.97 Å². The molecule has 1 aromatic heterocycles. The van der Waals surface area contributed by atoms with Gasteiger partial charge in [-0.1, -0.05) is 12.1 Å². The monoisotopic (exact) mass is 273 g/mol. The van der Waals surface area contributed by atoms with Gasteiger partial charge in [0.2, 0.25) is 11.8 Å². The highest BCUT2D eigenvalue weighted by molar-refractivity contribution is 7.98. The molecule has 0 saturated heterocycles. The van der Waals surface area contributed by atoms with Crippen molar-refractivity contribution in [3.05, 3.63) is 11.7 Å². The number of aryl methyl sites for hydroxylation is 1. The Morgan fingerprint density at radius 3 is 2.78 bits per heavy atom. The van der Waals surface area contributed by atoms with Gasteiger partial charge in [0.25, 0.3) is 0 Å². The van der Waals surface area contributed by atoms with Gasteiger partial charge in [-0.3, -0.25) is 4.79 Å². The fourth-order valence-corrected chi connectivity index (χ4v) is 2.06. The molecule has 1 amide bonds. The summed E-state index contributed by atoms with van der Waals surface area (Å²) in [6, 6.07) is -0.898. The number of carbonyl (C=O) groups is 2. The van der Waals surface area contributed by atoms with Gasteiger partial charge in [0.1, 0.15) is 6.04 Å². The van der Waals surface area contributed by atoms with Crippen LogP contribution in [0.3, 0.4) is 0 Å². The second-order valence-corrected chi connectivity index (χ2v) is 4.59. The van der Waals surface area contributed by atoms with Gasteiger partial charge in [0, 0.05) is 19.1 Å². The Hall–Kier alpha value is -1.57. The van der Waals surface area contributed by atoms with Crippen LogP contribution < -0.4 is 5.32 Å². The standard InChI is InChI=1S/C10H15N3O4S/c1-3-9-12-8(13-17-9)5-18-4-7(10(15)16)11-6(2)14/h7H,3-5H2,1-2H3,(H,11,14)(H,15,16). The molecule has 0 aliphatic rings. The highest BCUT2D eigenvalue weighted by atomic mass is 32.2. The number of amides is 1. The zero-order valence-electron chi connectivity index (χ0n) is 10.2. The third-order valence-corrected chi connectivity index (χ3v) is 3.04. The van der Waals surface area contributed by atoms with E-state index in [1.54, 1.807) is 0 Å². The highest BCUT2D eigenvalue weighted by Gasteiger charge is 2.18. The summed E-state index contributed by atoms with van der Waals surface area (Å²) in [5.74, 6) is 0.375. The number of nitrogens with zero attached hydrogens (tertiary/aromatic N) is 2. The first-order chi connectivity index (χ1) is 8.52. The average molecular weight is 273 g/mol. The third kappa shape index (κ3) is 4.74. The van der Waals surface area contributed by atoms with Crippen molar-refractivity contribution in [3.8, 4) is 0 Å². The lowest BCUT2D eigenvalue weighted by Gasteiger charge is -2.11. The van der Waals surface area contributed by atoms with Crippen LogP contribution in [0, 0.1) is 0 Å². The summed E-state index contributed by atoms with van der Waals surface area (Å²) in [7, 11) is 0. The molecule has 1 heterocycles. The van der Waals surface area contributed by atoms with Crippen molar-refractivity contribution in [1.29, 1.82) is 0 Å². The van der Waals surface area contributed by atoms with Gasteiger partial charge in [-0.2, -0.15) is 16.7 Å². The molecule has 0 bridgehead atoms. The molecule has 2 N–H and O–H groups in total. The minimum Gasteiger partial charge on any atom is -0.480 e. The second kappa shape index (κ2) is 7.00. The molecule has 7 nitrogen and oxygen atoms in total. The first-order valence-electron chi connectivity index (χ1n) is 5.42. The van der Waals surface area contributed by atoms with Crippen LogP contribution in [-0.4, -0.2) is 38.9 Å².